The topological polar surface area (TPSA) is 78.2 Å². The maximum Gasteiger partial charge on any atom is 0.259 e. The maximum atomic E-state index is 13.2. The summed E-state index contributed by atoms with van der Waals surface area (Å²) in [6.45, 7) is 2.40. The summed E-state index contributed by atoms with van der Waals surface area (Å²) in [4.78, 5) is 11.7. The van der Waals surface area contributed by atoms with Gasteiger partial charge in [-0.1, -0.05) is 0 Å². The van der Waals surface area contributed by atoms with Crippen molar-refractivity contribution in [2.45, 2.75) is 25.1 Å². The third-order valence-electron chi connectivity index (χ3n) is 3.09. The molecule has 1 aromatic rings. The van der Waals surface area contributed by atoms with Gasteiger partial charge in [-0.2, -0.15) is 5.26 Å². The zero-order chi connectivity index (χ0) is 14.4. The molecule has 2 rings (SSSR count). The summed E-state index contributed by atoms with van der Waals surface area (Å²) in [6.07, 6.45) is 0. The highest BCUT2D eigenvalue weighted by atomic mass is 32.2. The summed E-state index contributed by atoms with van der Waals surface area (Å²) in [6, 6.07) is 5.28. The Morgan fingerprint density at radius 2 is 2.00 bits per heavy atom. The number of hydrogen-bond donors (Lipinski definition) is 0. The summed E-state index contributed by atoms with van der Waals surface area (Å²) in [5.41, 5.74) is 0.351. The van der Waals surface area contributed by atoms with E-state index in [1.54, 1.807) is 6.07 Å². The first-order valence-electron chi connectivity index (χ1n) is 5.46. The predicted molar refractivity (Wildman–Crippen MR) is 64.7 cm³/mol. The van der Waals surface area contributed by atoms with Crippen LogP contribution in [0.5, 0.6) is 0 Å². The number of rotatable bonds is 2. The van der Waals surface area contributed by atoms with Crippen LogP contribution < -0.4 is 0 Å². The molecule has 1 aromatic carbocycles. The van der Waals surface area contributed by atoms with Gasteiger partial charge in [0.15, 0.2) is 4.75 Å². The van der Waals surface area contributed by atoms with Crippen molar-refractivity contribution in [3.8, 4) is 6.07 Å². The standard InChI is InChI=1S/C12H11FN2O3S/c1-12(2)11(16)15(19(12,17)18)7-9-3-8(6-14)4-10(13)5-9/h3-5H,7H2,1-2H3. The number of hydrogen-bond acceptors (Lipinski definition) is 4. The van der Waals surface area contributed by atoms with Gasteiger partial charge < -0.3 is 0 Å². The van der Waals surface area contributed by atoms with E-state index in [1.165, 1.54) is 19.9 Å². The number of carbonyl (C=O) groups excluding carboxylic acids is 1. The van der Waals surface area contributed by atoms with Gasteiger partial charge in [0.2, 0.25) is 0 Å². The summed E-state index contributed by atoms with van der Waals surface area (Å²) in [5, 5.41) is 8.71. The number of sulfonamides is 1. The number of carbonyl (C=O) groups is 1. The Morgan fingerprint density at radius 1 is 1.37 bits per heavy atom. The highest BCUT2D eigenvalue weighted by Crippen LogP contribution is 2.36. The fraction of sp³-hybridized carbons (Fsp3) is 0.333. The molecule has 1 heterocycles. The van der Waals surface area contributed by atoms with Crippen molar-refractivity contribution < 1.29 is 17.6 Å². The second-order valence-corrected chi connectivity index (χ2v) is 7.20. The van der Waals surface area contributed by atoms with Crippen LogP contribution in [0.15, 0.2) is 18.2 Å². The Bertz CT molecular complexity index is 704. The Balaban J connectivity index is 2.32. The molecule has 0 bridgehead atoms. The molecule has 0 saturated carbocycles. The van der Waals surface area contributed by atoms with Crippen molar-refractivity contribution in [3.05, 3.63) is 35.1 Å². The van der Waals surface area contributed by atoms with Crippen LogP contribution in [-0.4, -0.2) is 23.4 Å². The van der Waals surface area contributed by atoms with E-state index >= 15 is 0 Å². The second kappa shape index (κ2) is 4.03. The van der Waals surface area contributed by atoms with Crippen LogP contribution in [-0.2, 0) is 21.4 Å². The van der Waals surface area contributed by atoms with E-state index in [4.69, 9.17) is 5.26 Å². The molecule has 1 aliphatic rings. The summed E-state index contributed by atoms with van der Waals surface area (Å²) < 4.78 is 36.2. The minimum absolute atomic E-state index is 0.0830. The molecule has 100 valence electrons. The quantitative estimate of drug-likeness (QED) is 0.815. The number of nitrogens with zero attached hydrogens (tertiary/aromatic N) is 2. The van der Waals surface area contributed by atoms with Gasteiger partial charge in [-0.25, -0.2) is 17.1 Å². The number of halogens is 1. The van der Waals surface area contributed by atoms with Crippen LogP contribution in [0.3, 0.4) is 0 Å². The lowest BCUT2D eigenvalue weighted by Crippen LogP contribution is -2.66. The van der Waals surface area contributed by atoms with Crippen LogP contribution in [0.1, 0.15) is 25.0 Å². The van der Waals surface area contributed by atoms with Crippen LogP contribution in [0.4, 0.5) is 4.39 Å². The van der Waals surface area contributed by atoms with E-state index in [-0.39, 0.29) is 17.7 Å². The normalized spacial score (nSPS) is 19.7. The molecule has 1 aliphatic heterocycles. The summed E-state index contributed by atoms with van der Waals surface area (Å²) >= 11 is 0. The lowest BCUT2D eigenvalue weighted by molar-refractivity contribution is -0.132. The van der Waals surface area contributed by atoms with E-state index in [0.29, 0.717) is 4.31 Å². The van der Waals surface area contributed by atoms with Gasteiger partial charge in [-0.15, -0.1) is 0 Å². The second-order valence-electron chi connectivity index (χ2n) is 4.79. The largest absolute Gasteiger partial charge is 0.272 e. The average Bonchev–Trinajstić information content (AvgIpc) is 2.34. The molecule has 1 amide bonds. The van der Waals surface area contributed by atoms with Gasteiger partial charge in [0.1, 0.15) is 5.82 Å². The van der Waals surface area contributed by atoms with Crippen molar-refractivity contribution >= 4 is 15.9 Å². The molecule has 1 fully saturated rings. The molecular formula is C12H11FN2O3S. The fourth-order valence-electron chi connectivity index (χ4n) is 1.89. The highest BCUT2D eigenvalue weighted by Gasteiger charge is 2.59. The molecule has 0 atom stereocenters. The fourth-order valence-corrected chi connectivity index (χ4v) is 3.40. The molecular weight excluding hydrogens is 271 g/mol. The van der Waals surface area contributed by atoms with Gasteiger partial charge in [0, 0.05) is 0 Å². The Morgan fingerprint density at radius 3 is 2.53 bits per heavy atom. The van der Waals surface area contributed by atoms with Crippen molar-refractivity contribution in [3.63, 3.8) is 0 Å². The first-order chi connectivity index (χ1) is 8.70. The lowest BCUT2D eigenvalue weighted by atomic mass is 10.1. The zero-order valence-electron chi connectivity index (χ0n) is 10.3. The van der Waals surface area contributed by atoms with E-state index in [2.05, 4.69) is 0 Å². The first kappa shape index (κ1) is 13.5. The van der Waals surface area contributed by atoms with Gasteiger partial charge in [0.25, 0.3) is 15.9 Å². The van der Waals surface area contributed by atoms with Crippen LogP contribution in [0.2, 0.25) is 0 Å². The van der Waals surface area contributed by atoms with Gasteiger partial charge in [0.05, 0.1) is 18.2 Å². The molecule has 1 saturated heterocycles. The SMILES string of the molecule is CC1(C)C(=O)N(Cc2cc(F)cc(C#N)c2)S1(=O)=O. The van der Waals surface area contributed by atoms with E-state index < -0.39 is 26.5 Å². The van der Waals surface area contributed by atoms with Crippen molar-refractivity contribution in [1.82, 2.24) is 4.31 Å². The zero-order valence-corrected chi connectivity index (χ0v) is 11.2. The van der Waals surface area contributed by atoms with Crippen LogP contribution in [0, 0.1) is 17.1 Å². The third-order valence-corrected chi connectivity index (χ3v) is 5.43. The Kier molecular flexibility index (Phi) is 2.86. The molecule has 0 unspecified atom stereocenters. The van der Waals surface area contributed by atoms with Crippen LogP contribution >= 0.6 is 0 Å². The van der Waals surface area contributed by atoms with Crippen LogP contribution in [0.25, 0.3) is 0 Å². The van der Waals surface area contributed by atoms with Crippen molar-refractivity contribution in [2.24, 2.45) is 0 Å². The predicted octanol–water partition coefficient (Wildman–Crippen LogP) is 1.15. The molecule has 0 aliphatic carbocycles. The molecule has 5 nitrogen and oxygen atoms in total. The van der Waals surface area contributed by atoms with Crippen molar-refractivity contribution in [2.75, 3.05) is 0 Å². The smallest absolute Gasteiger partial charge is 0.259 e. The Hall–Kier alpha value is -1.94. The molecule has 0 radical (unpaired) electrons. The first-order valence-corrected chi connectivity index (χ1v) is 6.90. The van der Waals surface area contributed by atoms with E-state index in [1.807, 2.05) is 0 Å². The molecule has 0 spiro atoms. The third kappa shape index (κ3) is 1.88. The monoisotopic (exact) mass is 282 g/mol. The molecule has 0 aromatic heterocycles. The number of benzene rings is 1. The summed E-state index contributed by atoms with van der Waals surface area (Å²) in [5.74, 6) is -1.17. The number of amides is 1. The minimum atomic E-state index is -3.70. The molecule has 7 heteroatoms. The molecule has 19 heavy (non-hydrogen) atoms. The minimum Gasteiger partial charge on any atom is -0.272 e. The maximum absolute atomic E-state index is 13.2. The van der Waals surface area contributed by atoms with Gasteiger partial charge >= 0.3 is 0 Å². The van der Waals surface area contributed by atoms with E-state index in [0.717, 1.165) is 12.1 Å². The van der Waals surface area contributed by atoms with Gasteiger partial charge in [-0.05, 0) is 37.6 Å². The van der Waals surface area contributed by atoms with E-state index in [9.17, 15) is 17.6 Å². The summed E-state index contributed by atoms with van der Waals surface area (Å²) in [7, 11) is -3.70. The molecule has 0 N–H and O–H groups in total. The Labute approximate surface area is 110 Å². The average molecular weight is 282 g/mol. The van der Waals surface area contributed by atoms with Gasteiger partial charge in [-0.3, -0.25) is 4.79 Å². The lowest BCUT2D eigenvalue weighted by Gasteiger charge is -2.43. The number of nitriles is 1. The van der Waals surface area contributed by atoms with Crippen molar-refractivity contribution in [1.29, 1.82) is 5.26 Å². The highest BCUT2D eigenvalue weighted by molar-refractivity contribution is 7.94.